The van der Waals surface area contributed by atoms with Crippen LogP contribution in [-0.4, -0.2) is 15.9 Å². The van der Waals surface area contributed by atoms with Crippen molar-refractivity contribution in [3.05, 3.63) is 64.9 Å². The maximum atomic E-state index is 12.3. The Morgan fingerprint density at radius 1 is 1.14 bits per heavy atom. The van der Waals surface area contributed by atoms with E-state index in [1.165, 1.54) is 6.20 Å². The molecule has 0 fully saturated rings. The lowest BCUT2D eigenvalue weighted by Gasteiger charge is -2.08. The zero-order valence-corrected chi connectivity index (χ0v) is 12.1. The molecule has 5 heteroatoms. The predicted molar refractivity (Wildman–Crippen MR) is 83.7 cm³/mol. The first kappa shape index (κ1) is 13.5. The molecule has 1 heterocycles. The lowest BCUT2D eigenvalue weighted by atomic mass is 10.2. The topological polar surface area (TPSA) is 54.9 Å². The average Bonchev–Trinajstić information content (AvgIpc) is 2.50. The van der Waals surface area contributed by atoms with Gasteiger partial charge in [-0.3, -0.25) is 9.78 Å². The minimum Gasteiger partial charge on any atom is -0.320 e. The number of carbonyl (C=O) groups is 1. The molecule has 0 bridgehead atoms. The van der Waals surface area contributed by atoms with Crippen LogP contribution >= 0.6 is 11.6 Å². The standard InChI is InChI=1S/C16H12ClN3O/c1-10-6-7-11(17)8-14(10)20-16(21)15-9-18-12-4-2-3-5-13(12)19-15/h2-9H,1H3,(H,20,21). The Morgan fingerprint density at radius 3 is 2.71 bits per heavy atom. The van der Waals surface area contributed by atoms with Crippen molar-refractivity contribution in [2.45, 2.75) is 6.92 Å². The molecular formula is C16H12ClN3O. The Balaban J connectivity index is 1.91. The molecule has 0 radical (unpaired) electrons. The van der Waals surface area contributed by atoms with Gasteiger partial charge in [-0.2, -0.15) is 0 Å². The van der Waals surface area contributed by atoms with E-state index >= 15 is 0 Å². The molecule has 104 valence electrons. The molecule has 0 aliphatic carbocycles. The number of hydrogen-bond acceptors (Lipinski definition) is 3. The van der Waals surface area contributed by atoms with Crippen LogP contribution in [0.5, 0.6) is 0 Å². The van der Waals surface area contributed by atoms with E-state index in [1.807, 2.05) is 37.3 Å². The molecule has 0 aliphatic heterocycles. The first-order chi connectivity index (χ1) is 10.1. The van der Waals surface area contributed by atoms with Crippen LogP contribution in [0.2, 0.25) is 5.02 Å². The zero-order valence-electron chi connectivity index (χ0n) is 11.3. The molecule has 21 heavy (non-hydrogen) atoms. The summed E-state index contributed by atoms with van der Waals surface area (Å²) < 4.78 is 0. The van der Waals surface area contributed by atoms with Crippen LogP contribution < -0.4 is 5.32 Å². The molecule has 0 unspecified atom stereocenters. The van der Waals surface area contributed by atoms with E-state index in [0.29, 0.717) is 16.2 Å². The third-order valence-corrected chi connectivity index (χ3v) is 3.36. The monoisotopic (exact) mass is 297 g/mol. The Morgan fingerprint density at radius 2 is 1.90 bits per heavy atom. The number of nitrogens with zero attached hydrogens (tertiary/aromatic N) is 2. The minimum absolute atomic E-state index is 0.271. The molecule has 1 aromatic heterocycles. The van der Waals surface area contributed by atoms with Gasteiger partial charge in [0.05, 0.1) is 17.2 Å². The van der Waals surface area contributed by atoms with Gasteiger partial charge in [-0.1, -0.05) is 29.8 Å². The van der Waals surface area contributed by atoms with Gasteiger partial charge >= 0.3 is 0 Å². The van der Waals surface area contributed by atoms with E-state index in [0.717, 1.165) is 11.1 Å². The van der Waals surface area contributed by atoms with E-state index in [4.69, 9.17) is 11.6 Å². The predicted octanol–water partition coefficient (Wildman–Crippen LogP) is 3.84. The first-order valence-corrected chi connectivity index (χ1v) is 6.80. The summed E-state index contributed by atoms with van der Waals surface area (Å²) in [6.45, 7) is 1.90. The largest absolute Gasteiger partial charge is 0.320 e. The highest BCUT2D eigenvalue weighted by molar-refractivity contribution is 6.31. The van der Waals surface area contributed by atoms with Crippen molar-refractivity contribution in [3.8, 4) is 0 Å². The van der Waals surface area contributed by atoms with Crippen molar-refractivity contribution in [2.24, 2.45) is 0 Å². The Kier molecular flexibility index (Phi) is 3.54. The van der Waals surface area contributed by atoms with Crippen LogP contribution in [-0.2, 0) is 0 Å². The first-order valence-electron chi connectivity index (χ1n) is 6.43. The van der Waals surface area contributed by atoms with E-state index < -0.39 is 0 Å². The molecule has 2 aromatic carbocycles. The molecule has 0 saturated carbocycles. The highest BCUT2D eigenvalue weighted by Gasteiger charge is 2.11. The maximum absolute atomic E-state index is 12.3. The van der Waals surface area contributed by atoms with Crippen LogP contribution in [0, 0.1) is 6.92 Å². The van der Waals surface area contributed by atoms with E-state index in [2.05, 4.69) is 15.3 Å². The van der Waals surface area contributed by atoms with E-state index in [-0.39, 0.29) is 11.6 Å². The molecule has 4 nitrogen and oxygen atoms in total. The van der Waals surface area contributed by atoms with Crippen LogP contribution in [0.4, 0.5) is 5.69 Å². The van der Waals surface area contributed by atoms with Gasteiger partial charge in [0.15, 0.2) is 0 Å². The molecule has 0 saturated heterocycles. The fraction of sp³-hybridized carbons (Fsp3) is 0.0625. The van der Waals surface area contributed by atoms with Crippen molar-refractivity contribution in [1.29, 1.82) is 0 Å². The summed E-state index contributed by atoms with van der Waals surface area (Å²) in [5, 5.41) is 3.38. The number of anilines is 1. The zero-order chi connectivity index (χ0) is 14.8. The number of aromatic nitrogens is 2. The summed E-state index contributed by atoms with van der Waals surface area (Å²) in [5.41, 5.74) is 3.32. The number of hydrogen-bond donors (Lipinski definition) is 1. The molecule has 3 aromatic rings. The Bertz CT molecular complexity index is 833. The molecule has 1 amide bonds. The number of aryl methyl sites for hydroxylation is 1. The third kappa shape index (κ3) is 2.85. The summed E-state index contributed by atoms with van der Waals surface area (Å²) in [6.07, 6.45) is 1.47. The minimum atomic E-state index is -0.307. The third-order valence-electron chi connectivity index (χ3n) is 3.13. The number of fused-ring (bicyclic) bond motifs is 1. The lowest BCUT2D eigenvalue weighted by molar-refractivity contribution is 0.102. The highest BCUT2D eigenvalue weighted by Crippen LogP contribution is 2.20. The number of amides is 1. The summed E-state index contributed by atoms with van der Waals surface area (Å²) in [6, 6.07) is 12.8. The van der Waals surface area contributed by atoms with Crippen molar-refractivity contribution < 1.29 is 4.79 Å². The van der Waals surface area contributed by atoms with Gasteiger partial charge in [-0.05, 0) is 36.8 Å². The second-order valence-corrected chi connectivity index (χ2v) is 5.09. The number of benzene rings is 2. The van der Waals surface area contributed by atoms with Gasteiger partial charge in [-0.15, -0.1) is 0 Å². The number of rotatable bonds is 2. The van der Waals surface area contributed by atoms with Gasteiger partial charge < -0.3 is 5.32 Å². The van der Waals surface area contributed by atoms with E-state index in [1.54, 1.807) is 12.1 Å². The highest BCUT2D eigenvalue weighted by atomic mass is 35.5. The number of halogens is 1. The van der Waals surface area contributed by atoms with Crippen LogP contribution in [0.25, 0.3) is 11.0 Å². The number of para-hydroxylation sites is 2. The SMILES string of the molecule is Cc1ccc(Cl)cc1NC(=O)c1cnc2ccccc2n1. The van der Waals surface area contributed by atoms with Crippen molar-refractivity contribution >= 4 is 34.2 Å². The van der Waals surface area contributed by atoms with Gasteiger partial charge in [0.25, 0.3) is 5.91 Å². The van der Waals surface area contributed by atoms with E-state index in [9.17, 15) is 4.79 Å². The summed E-state index contributed by atoms with van der Waals surface area (Å²) in [4.78, 5) is 20.8. The van der Waals surface area contributed by atoms with Crippen molar-refractivity contribution in [3.63, 3.8) is 0 Å². The molecule has 0 aliphatic rings. The molecule has 3 rings (SSSR count). The van der Waals surface area contributed by atoms with Crippen LogP contribution in [0.3, 0.4) is 0 Å². The van der Waals surface area contributed by atoms with Crippen molar-refractivity contribution in [1.82, 2.24) is 9.97 Å². The number of nitrogens with one attached hydrogen (secondary N) is 1. The van der Waals surface area contributed by atoms with Gasteiger partial charge in [0, 0.05) is 10.7 Å². The quantitative estimate of drug-likeness (QED) is 0.782. The number of carbonyl (C=O) groups excluding carboxylic acids is 1. The second-order valence-electron chi connectivity index (χ2n) is 4.66. The fourth-order valence-electron chi connectivity index (χ4n) is 1.98. The molecular weight excluding hydrogens is 286 g/mol. The Hall–Kier alpha value is -2.46. The molecule has 1 N–H and O–H groups in total. The van der Waals surface area contributed by atoms with Crippen molar-refractivity contribution in [2.75, 3.05) is 5.32 Å². The summed E-state index contributed by atoms with van der Waals surface area (Å²) in [7, 11) is 0. The molecule has 0 atom stereocenters. The van der Waals surface area contributed by atoms with Gasteiger partial charge in [-0.25, -0.2) is 4.98 Å². The lowest BCUT2D eigenvalue weighted by Crippen LogP contribution is -2.14. The normalized spacial score (nSPS) is 10.6. The summed E-state index contributed by atoms with van der Waals surface area (Å²) >= 11 is 5.95. The second kappa shape index (κ2) is 5.50. The molecule has 0 spiro atoms. The van der Waals surface area contributed by atoms with Crippen LogP contribution in [0.15, 0.2) is 48.7 Å². The fourth-order valence-corrected chi connectivity index (χ4v) is 2.15. The summed E-state index contributed by atoms with van der Waals surface area (Å²) in [5.74, 6) is -0.307. The van der Waals surface area contributed by atoms with Crippen LogP contribution in [0.1, 0.15) is 16.1 Å². The van der Waals surface area contributed by atoms with Gasteiger partial charge in [0.1, 0.15) is 5.69 Å². The maximum Gasteiger partial charge on any atom is 0.275 e. The average molecular weight is 298 g/mol. The Labute approximate surface area is 126 Å². The van der Waals surface area contributed by atoms with Gasteiger partial charge in [0.2, 0.25) is 0 Å². The smallest absolute Gasteiger partial charge is 0.275 e.